The summed E-state index contributed by atoms with van der Waals surface area (Å²) in [5.41, 5.74) is 0.939. The third-order valence-corrected chi connectivity index (χ3v) is 3.70. The molecule has 0 aliphatic carbocycles. The molecule has 0 aliphatic rings. The zero-order valence-electron chi connectivity index (χ0n) is 14.3. The van der Waals surface area contributed by atoms with E-state index in [-0.39, 0.29) is 5.92 Å². The average molecular weight is 339 g/mol. The van der Waals surface area contributed by atoms with Crippen LogP contribution in [0.25, 0.3) is 11.4 Å². The molecule has 3 aromatic rings. The molecule has 0 amide bonds. The predicted molar refractivity (Wildman–Crippen MR) is 95.1 cm³/mol. The Kier molecular flexibility index (Phi) is 5.46. The maximum absolute atomic E-state index is 5.39. The standard InChI is InChI=1S/C18H21N5O2/c1-13(11-20-18(19-2)21-12-15-9-6-10-24-15)17-22-16(23-25-17)14-7-4-3-5-8-14/h3-10,13H,11-12H2,1-2H3,(H2,19,20,21). The van der Waals surface area contributed by atoms with Crippen molar-refractivity contribution in [1.82, 2.24) is 20.8 Å². The van der Waals surface area contributed by atoms with Crippen molar-refractivity contribution in [2.45, 2.75) is 19.4 Å². The second-order valence-electron chi connectivity index (χ2n) is 5.61. The highest BCUT2D eigenvalue weighted by atomic mass is 16.5. The number of hydrogen-bond donors (Lipinski definition) is 2. The van der Waals surface area contributed by atoms with Gasteiger partial charge in [0.15, 0.2) is 5.96 Å². The van der Waals surface area contributed by atoms with Crippen LogP contribution in [0.4, 0.5) is 0 Å². The molecular weight excluding hydrogens is 318 g/mol. The molecule has 0 aliphatic heterocycles. The van der Waals surface area contributed by atoms with Crippen molar-refractivity contribution in [3.8, 4) is 11.4 Å². The Morgan fingerprint density at radius 1 is 1.16 bits per heavy atom. The molecule has 7 nitrogen and oxygen atoms in total. The molecule has 0 saturated carbocycles. The topological polar surface area (TPSA) is 88.5 Å². The van der Waals surface area contributed by atoms with Gasteiger partial charge in [-0.3, -0.25) is 4.99 Å². The third kappa shape index (κ3) is 4.47. The molecule has 1 aromatic carbocycles. The van der Waals surface area contributed by atoms with Gasteiger partial charge in [-0.2, -0.15) is 4.98 Å². The van der Waals surface area contributed by atoms with E-state index in [9.17, 15) is 0 Å². The summed E-state index contributed by atoms with van der Waals surface area (Å²) in [6, 6.07) is 13.5. The molecule has 2 N–H and O–H groups in total. The number of aromatic nitrogens is 2. The highest BCUT2D eigenvalue weighted by molar-refractivity contribution is 5.79. The van der Waals surface area contributed by atoms with E-state index in [1.165, 1.54) is 0 Å². The largest absolute Gasteiger partial charge is 0.467 e. The lowest BCUT2D eigenvalue weighted by Gasteiger charge is -2.13. The summed E-state index contributed by atoms with van der Waals surface area (Å²) < 4.78 is 10.7. The molecule has 130 valence electrons. The number of rotatable bonds is 6. The van der Waals surface area contributed by atoms with Gasteiger partial charge >= 0.3 is 0 Å². The highest BCUT2D eigenvalue weighted by Crippen LogP contribution is 2.18. The minimum atomic E-state index is 0.0483. The molecule has 1 unspecified atom stereocenters. The van der Waals surface area contributed by atoms with Gasteiger partial charge in [-0.1, -0.05) is 42.4 Å². The van der Waals surface area contributed by atoms with Gasteiger partial charge in [0, 0.05) is 19.2 Å². The summed E-state index contributed by atoms with van der Waals surface area (Å²) in [7, 11) is 1.72. The Labute approximate surface area is 146 Å². The van der Waals surface area contributed by atoms with Crippen molar-refractivity contribution >= 4 is 5.96 Å². The van der Waals surface area contributed by atoms with Crippen LogP contribution in [0.2, 0.25) is 0 Å². The molecule has 0 spiro atoms. The Balaban J connectivity index is 1.53. The lowest BCUT2D eigenvalue weighted by Crippen LogP contribution is -2.38. The molecule has 0 saturated heterocycles. The summed E-state index contributed by atoms with van der Waals surface area (Å²) in [5.74, 6) is 2.77. The first kappa shape index (κ1) is 16.8. The first-order valence-electron chi connectivity index (χ1n) is 8.12. The molecule has 0 bridgehead atoms. The number of guanidine groups is 1. The lowest BCUT2D eigenvalue weighted by molar-refractivity contribution is 0.358. The van der Waals surface area contributed by atoms with E-state index in [0.29, 0.717) is 30.8 Å². The van der Waals surface area contributed by atoms with Crippen LogP contribution in [0.3, 0.4) is 0 Å². The number of nitrogens with one attached hydrogen (secondary N) is 2. The summed E-state index contributed by atoms with van der Waals surface area (Å²) in [4.78, 5) is 8.67. The third-order valence-electron chi connectivity index (χ3n) is 3.70. The summed E-state index contributed by atoms with van der Waals surface area (Å²) in [6.45, 7) is 3.21. The van der Waals surface area contributed by atoms with Gasteiger partial charge in [0.2, 0.25) is 11.7 Å². The van der Waals surface area contributed by atoms with Gasteiger partial charge in [-0.15, -0.1) is 0 Å². The second-order valence-corrected chi connectivity index (χ2v) is 5.61. The van der Waals surface area contributed by atoms with Crippen LogP contribution in [0.1, 0.15) is 24.5 Å². The number of aliphatic imine (C=N–C) groups is 1. The Morgan fingerprint density at radius 3 is 2.72 bits per heavy atom. The first-order chi connectivity index (χ1) is 12.3. The van der Waals surface area contributed by atoms with Crippen LogP contribution in [0.5, 0.6) is 0 Å². The van der Waals surface area contributed by atoms with E-state index >= 15 is 0 Å². The van der Waals surface area contributed by atoms with E-state index in [4.69, 9.17) is 8.94 Å². The predicted octanol–water partition coefficient (Wildman–Crippen LogP) is 2.80. The van der Waals surface area contributed by atoms with Gasteiger partial charge in [0.1, 0.15) is 5.76 Å². The van der Waals surface area contributed by atoms with Crippen LogP contribution in [0, 0.1) is 0 Å². The molecule has 0 fully saturated rings. The number of hydrogen-bond acceptors (Lipinski definition) is 5. The monoisotopic (exact) mass is 339 g/mol. The molecule has 1 atom stereocenters. The van der Waals surface area contributed by atoms with E-state index in [2.05, 4.69) is 25.8 Å². The minimum absolute atomic E-state index is 0.0483. The summed E-state index contributed by atoms with van der Waals surface area (Å²) in [6.07, 6.45) is 1.65. The van der Waals surface area contributed by atoms with Crippen LogP contribution in [-0.4, -0.2) is 29.7 Å². The normalized spacial score (nSPS) is 12.8. The smallest absolute Gasteiger partial charge is 0.231 e. The number of nitrogens with zero attached hydrogens (tertiary/aromatic N) is 3. The highest BCUT2D eigenvalue weighted by Gasteiger charge is 2.15. The van der Waals surface area contributed by atoms with Crippen molar-refractivity contribution in [3.05, 3.63) is 60.4 Å². The van der Waals surface area contributed by atoms with E-state index in [0.717, 1.165) is 11.3 Å². The minimum Gasteiger partial charge on any atom is -0.467 e. The molecule has 2 aromatic heterocycles. The van der Waals surface area contributed by atoms with Crippen molar-refractivity contribution in [2.24, 2.45) is 4.99 Å². The zero-order chi connectivity index (χ0) is 17.5. The van der Waals surface area contributed by atoms with Gasteiger partial charge in [0.25, 0.3) is 0 Å². The summed E-state index contributed by atoms with van der Waals surface area (Å²) >= 11 is 0. The quantitative estimate of drug-likeness (QED) is 0.530. The summed E-state index contributed by atoms with van der Waals surface area (Å²) in [5, 5.41) is 10.5. The van der Waals surface area contributed by atoms with Gasteiger partial charge < -0.3 is 19.6 Å². The molecular formula is C18H21N5O2. The maximum Gasteiger partial charge on any atom is 0.231 e. The second kappa shape index (κ2) is 8.14. The van der Waals surface area contributed by atoms with Crippen LogP contribution < -0.4 is 10.6 Å². The number of furan rings is 1. The molecule has 25 heavy (non-hydrogen) atoms. The maximum atomic E-state index is 5.39. The SMILES string of the molecule is CN=C(NCc1ccco1)NCC(C)c1nc(-c2ccccc2)no1. The Hall–Kier alpha value is -3.09. The van der Waals surface area contributed by atoms with Gasteiger partial charge in [-0.05, 0) is 12.1 Å². The molecule has 7 heteroatoms. The van der Waals surface area contributed by atoms with E-state index in [1.807, 2.05) is 49.4 Å². The fraction of sp³-hybridized carbons (Fsp3) is 0.278. The van der Waals surface area contributed by atoms with E-state index < -0.39 is 0 Å². The zero-order valence-corrected chi connectivity index (χ0v) is 14.3. The average Bonchev–Trinajstić information content (AvgIpc) is 3.34. The van der Waals surface area contributed by atoms with Crippen LogP contribution in [0.15, 0.2) is 62.7 Å². The van der Waals surface area contributed by atoms with Crippen molar-refractivity contribution in [1.29, 1.82) is 0 Å². The molecule has 0 radical (unpaired) electrons. The number of benzene rings is 1. The van der Waals surface area contributed by atoms with Gasteiger partial charge in [0.05, 0.1) is 18.7 Å². The van der Waals surface area contributed by atoms with Crippen LogP contribution in [-0.2, 0) is 6.54 Å². The Bertz CT molecular complexity index is 796. The molecule has 3 rings (SSSR count). The fourth-order valence-corrected chi connectivity index (χ4v) is 2.28. The van der Waals surface area contributed by atoms with Gasteiger partial charge in [-0.25, -0.2) is 0 Å². The Morgan fingerprint density at radius 2 is 2.00 bits per heavy atom. The fourth-order valence-electron chi connectivity index (χ4n) is 2.28. The first-order valence-corrected chi connectivity index (χ1v) is 8.12. The van der Waals surface area contributed by atoms with Crippen molar-refractivity contribution < 1.29 is 8.94 Å². The van der Waals surface area contributed by atoms with E-state index in [1.54, 1.807) is 13.3 Å². The lowest BCUT2D eigenvalue weighted by atomic mass is 10.2. The molecule has 2 heterocycles. The van der Waals surface area contributed by atoms with Crippen LogP contribution >= 0.6 is 0 Å². The van der Waals surface area contributed by atoms with Crippen molar-refractivity contribution in [3.63, 3.8) is 0 Å². The van der Waals surface area contributed by atoms with Crippen molar-refractivity contribution in [2.75, 3.05) is 13.6 Å².